The van der Waals surface area contributed by atoms with Gasteiger partial charge in [0.25, 0.3) is 0 Å². The molecular weight excluding hydrogens is 460 g/mol. The lowest BCUT2D eigenvalue weighted by atomic mass is 9.83. The molecule has 2 saturated heterocycles. The van der Waals surface area contributed by atoms with E-state index in [0.717, 1.165) is 32.6 Å². The average Bonchev–Trinajstić information content (AvgIpc) is 3.58. The van der Waals surface area contributed by atoms with Gasteiger partial charge in [-0.15, -0.1) is 0 Å². The molecule has 37 heavy (non-hydrogen) atoms. The van der Waals surface area contributed by atoms with E-state index >= 15 is 0 Å². The summed E-state index contributed by atoms with van der Waals surface area (Å²) in [6, 6.07) is 9.38. The van der Waals surface area contributed by atoms with Crippen LogP contribution in [0, 0.1) is 5.92 Å². The topological polar surface area (TPSA) is 52.4 Å². The molecule has 2 fully saturated rings. The minimum atomic E-state index is 0.0398. The summed E-state index contributed by atoms with van der Waals surface area (Å²) in [5.74, 6) is 0.684. The fraction of sp³-hybridized carbons (Fsp3) is 0.548. The predicted octanol–water partition coefficient (Wildman–Crippen LogP) is 4.39. The van der Waals surface area contributed by atoms with Crippen molar-refractivity contribution in [3.63, 3.8) is 0 Å². The molecule has 6 heteroatoms. The summed E-state index contributed by atoms with van der Waals surface area (Å²) >= 11 is 0. The van der Waals surface area contributed by atoms with Gasteiger partial charge in [0.1, 0.15) is 12.7 Å². The molecule has 0 saturated carbocycles. The lowest BCUT2D eigenvalue weighted by molar-refractivity contribution is -0.164. The first-order chi connectivity index (χ1) is 18.2. The van der Waals surface area contributed by atoms with E-state index in [9.17, 15) is 0 Å². The van der Waals surface area contributed by atoms with E-state index in [4.69, 9.17) is 9.47 Å². The van der Waals surface area contributed by atoms with Gasteiger partial charge in [0.2, 0.25) is 0 Å². The SMILES string of the molecule is C1=C2CCC=c3ccccc3=C2C(C2CCN(CCOC3CCCCO3)CC2)=C1.CC(C)n1cncn1. The fourth-order valence-corrected chi connectivity index (χ4v) is 5.81. The molecule has 0 radical (unpaired) electrons. The summed E-state index contributed by atoms with van der Waals surface area (Å²) in [6.45, 7) is 9.17. The molecule has 0 bridgehead atoms. The number of fused-ring (bicyclic) bond motifs is 2. The van der Waals surface area contributed by atoms with Crippen LogP contribution in [0.3, 0.4) is 0 Å². The van der Waals surface area contributed by atoms with Crippen molar-refractivity contribution >= 4 is 11.6 Å². The zero-order chi connectivity index (χ0) is 25.5. The molecule has 6 nitrogen and oxygen atoms in total. The Balaban J connectivity index is 0.000000301. The third-order valence-electron chi connectivity index (χ3n) is 7.92. The van der Waals surface area contributed by atoms with E-state index in [2.05, 4.69) is 71.3 Å². The van der Waals surface area contributed by atoms with Crippen molar-refractivity contribution in [2.75, 3.05) is 32.8 Å². The van der Waals surface area contributed by atoms with Crippen LogP contribution in [0.1, 0.15) is 64.8 Å². The Hall–Kier alpha value is -2.54. The van der Waals surface area contributed by atoms with E-state index in [1.807, 2.05) is 0 Å². The number of likely N-dealkylation sites (tertiary alicyclic amines) is 1. The maximum absolute atomic E-state index is 5.94. The number of rotatable bonds is 6. The molecule has 1 aromatic heterocycles. The molecule has 6 rings (SSSR count). The van der Waals surface area contributed by atoms with Crippen LogP contribution in [0.15, 0.2) is 60.2 Å². The summed E-state index contributed by atoms with van der Waals surface area (Å²) in [5.41, 5.74) is 4.68. The maximum Gasteiger partial charge on any atom is 0.157 e. The van der Waals surface area contributed by atoms with Crippen molar-refractivity contribution in [1.29, 1.82) is 0 Å². The summed E-state index contributed by atoms with van der Waals surface area (Å²) in [4.78, 5) is 6.37. The second kappa shape index (κ2) is 12.8. The molecule has 0 amide bonds. The Bertz CT molecular complexity index is 1180. The van der Waals surface area contributed by atoms with Crippen LogP contribution in [-0.4, -0.2) is 58.8 Å². The fourth-order valence-electron chi connectivity index (χ4n) is 5.81. The zero-order valence-electron chi connectivity index (χ0n) is 22.5. The monoisotopic (exact) mass is 502 g/mol. The summed E-state index contributed by atoms with van der Waals surface area (Å²) in [5, 5.41) is 6.78. The molecule has 1 aromatic carbocycles. The Kier molecular flexibility index (Phi) is 9.03. The van der Waals surface area contributed by atoms with E-state index in [-0.39, 0.29) is 6.29 Å². The highest BCUT2D eigenvalue weighted by Gasteiger charge is 2.28. The van der Waals surface area contributed by atoms with Crippen molar-refractivity contribution in [3.05, 3.63) is 70.7 Å². The third-order valence-corrected chi connectivity index (χ3v) is 7.92. The first-order valence-electron chi connectivity index (χ1n) is 14.2. The van der Waals surface area contributed by atoms with Gasteiger partial charge in [-0.25, -0.2) is 4.98 Å². The van der Waals surface area contributed by atoms with Crippen LogP contribution in [-0.2, 0) is 9.47 Å². The maximum atomic E-state index is 5.94. The molecule has 2 aromatic rings. The third kappa shape index (κ3) is 6.67. The van der Waals surface area contributed by atoms with Gasteiger partial charge in [-0.3, -0.25) is 4.68 Å². The van der Waals surface area contributed by atoms with Crippen molar-refractivity contribution in [2.24, 2.45) is 5.92 Å². The largest absolute Gasteiger partial charge is 0.353 e. The van der Waals surface area contributed by atoms with Crippen molar-refractivity contribution in [3.8, 4) is 0 Å². The zero-order valence-corrected chi connectivity index (χ0v) is 22.5. The van der Waals surface area contributed by atoms with E-state index in [1.54, 1.807) is 34.1 Å². The van der Waals surface area contributed by atoms with Gasteiger partial charge in [-0.05, 0) is 105 Å². The van der Waals surface area contributed by atoms with Crippen LogP contribution >= 0.6 is 0 Å². The minimum absolute atomic E-state index is 0.0398. The molecule has 4 aliphatic rings. The summed E-state index contributed by atoms with van der Waals surface area (Å²) in [7, 11) is 0. The number of benzene rings is 1. The average molecular weight is 503 g/mol. The molecule has 1 atom stereocenters. The van der Waals surface area contributed by atoms with Gasteiger partial charge in [0.05, 0.1) is 6.61 Å². The highest BCUT2D eigenvalue weighted by atomic mass is 16.7. The number of hydrogen-bond donors (Lipinski definition) is 0. The normalized spacial score (nSPS) is 22.2. The lowest BCUT2D eigenvalue weighted by Crippen LogP contribution is -2.38. The van der Waals surface area contributed by atoms with E-state index in [1.165, 1.54) is 55.6 Å². The van der Waals surface area contributed by atoms with Crippen LogP contribution in [0.25, 0.3) is 11.6 Å². The van der Waals surface area contributed by atoms with Gasteiger partial charge in [-0.2, -0.15) is 5.10 Å². The number of nitrogens with zero attached hydrogens (tertiary/aromatic N) is 4. The minimum Gasteiger partial charge on any atom is -0.353 e. The summed E-state index contributed by atoms with van der Waals surface area (Å²) in [6.07, 6.45) is 18.8. The van der Waals surface area contributed by atoms with Crippen LogP contribution in [0.5, 0.6) is 0 Å². The predicted molar refractivity (Wildman–Crippen MR) is 148 cm³/mol. The molecule has 1 unspecified atom stereocenters. The Morgan fingerprint density at radius 3 is 2.68 bits per heavy atom. The molecule has 0 spiro atoms. The summed E-state index contributed by atoms with van der Waals surface area (Å²) < 4.78 is 13.4. The standard InChI is InChI=1S/C26H33NO2.C5H9N3/c1-2-9-23-20(6-1)7-5-8-22-11-12-24(26(22)23)21-13-15-27(16-14-21)17-19-29-25-10-3-4-18-28-25;1-5(2)8-4-6-3-7-8/h1-2,6-7,9,11-12,21,25H,3-5,8,10,13-19H2;3-5H,1-2H3. The molecule has 198 valence electrons. The van der Waals surface area contributed by atoms with Gasteiger partial charge in [0, 0.05) is 19.2 Å². The van der Waals surface area contributed by atoms with Crippen molar-refractivity contribution in [2.45, 2.75) is 71.1 Å². The number of aromatic nitrogens is 3. The van der Waals surface area contributed by atoms with Crippen molar-refractivity contribution in [1.82, 2.24) is 19.7 Å². The second-order valence-corrected chi connectivity index (χ2v) is 10.8. The first kappa shape index (κ1) is 26.1. The van der Waals surface area contributed by atoms with Gasteiger partial charge >= 0.3 is 0 Å². The van der Waals surface area contributed by atoms with Gasteiger partial charge in [-0.1, -0.05) is 42.5 Å². The van der Waals surface area contributed by atoms with E-state index in [0.29, 0.717) is 12.0 Å². The number of hydrogen-bond acceptors (Lipinski definition) is 5. The van der Waals surface area contributed by atoms with E-state index < -0.39 is 0 Å². The molecule has 3 heterocycles. The number of piperidine rings is 1. The second-order valence-electron chi connectivity index (χ2n) is 10.8. The molecular formula is C31H42N4O2. The Morgan fingerprint density at radius 2 is 1.95 bits per heavy atom. The molecule has 2 aliphatic heterocycles. The Morgan fingerprint density at radius 1 is 1.08 bits per heavy atom. The first-order valence-corrected chi connectivity index (χ1v) is 14.2. The van der Waals surface area contributed by atoms with Crippen LogP contribution in [0.4, 0.5) is 0 Å². The highest BCUT2D eigenvalue weighted by Crippen LogP contribution is 2.39. The molecule has 2 aliphatic carbocycles. The molecule has 0 N–H and O–H groups in total. The van der Waals surface area contributed by atoms with Gasteiger partial charge in [0.15, 0.2) is 6.29 Å². The number of allylic oxidation sites excluding steroid dienone is 4. The lowest BCUT2D eigenvalue weighted by Gasteiger charge is -2.33. The highest BCUT2D eigenvalue weighted by molar-refractivity contribution is 5.83. The van der Waals surface area contributed by atoms with Gasteiger partial charge < -0.3 is 14.4 Å². The Labute approximate surface area is 221 Å². The number of ether oxygens (including phenoxy) is 2. The van der Waals surface area contributed by atoms with Crippen LogP contribution < -0.4 is 10.4 Å². The van der Waals surface area contributed by atoms with Crippen LogP contribution in [0.2, 0.25) is 0 Å². The smallest absolute Gasteiger partial charge is 0.157 e. The quantitative estimate of drug-likeness (QED) is 0.586. The van der Waals surface area contributed by atoms with Crippen molar-refractivity contribution < 1.29 is 9.47 Å².